The summed E-state index contributed by atoms with van der Waals surface area (Å²) in [7, 11) is 0. The summed E-state index contributed by atoms with van der Waals surface area (Å²) >= 11 is 0. The molecule has 1 aromatic rings. The number of hydrogen-bond donors (Lipinski definition) is 1. The topological polar surface area (TPSA) is 46.5 Å². The van der Waals surface area contributed by atoms with Gasteiger partial charge in [-0.1, -0.05) is 24.3 Å². The Bertz CT molecular complexity index is 414. The Labute approximate surface area is 108 Å². The van der Waals surface area contributed by atoms with Gasteiger partial charge in [-0.2, -0.15) is 0 Å². The smallest absolute Gasteiger partial charge is 0.303 e. The van der Waals surface area contributed by atoms with E-state index < -0.39 is 5.97 Å². The van der Waals surface area contributed by atoms with E-state index in [0.717, 1.165) is 12.8 Å². The first-order chi connectivity index (χ1) is 8.70. The van der Waals surface area contributed by atoms with Crippen molar-refractivity contribution in [2.45, 2.75) is 26.2 Å². The van der Waals surface area contributed by atoms with Crippen LogP contribution >= 0.6 is 0 Å². The molecule has 0 bridgehead atoms. The molecule has 0 heterocycles. The third-order valence-corrected chi connectivity index (χ3v) is 3.72. The van der Waals surface area contributed by atoms with E-state index >= 15 is 0 Å². The highest BCUT2D eigenvalue weighted by atomic mass is 16.5. The molecule has 1 aliphatic carbocycles. The largest absolute Gasteiger partial charge is 0.481 e. The summed E-state index contributed by atoms with van der Waals surface area (Å²) in [5, 5.41) is 9.02. The number of benzene rings is 1. The lowest BCUT2D eigenvalue weighted by Gasteiger charge is -2.32. The predicted octanol–water partition coefficient (Wildman–Crippen LogP) is 2.53. The fraction of sp³-hybridized carbons (Fsp3) is 0.533. The van der Waals surface area contributed by atoms with Crippen LogP contribution in [0.15, 0.2) is 24.3 Å². The van der Waals surface area contributed by atoms with Crippen molar-refractivity contribution < 1.29 is 14.6 Å². The van der Waals surface area contributed by atoms with Crippen molar-refractivity contribution in [2.75, 3.05) is 13.2 Å². The predicted molar refractivity (Wildman–Crippen MR) is 69.6 cm³/mol. The highest BCUT2D eigenvalue weighted by Gasteiger charge is 2.29. The van der Waals surface area contributed by atoms with Gasteiger partial charge >= 0.3 is 5.97 Å². The van der Waals surface area contributed by atoms with Gasteiger partial charge in [-0.15, -0.1) is 0 Å². The third kappa shape index (κ3) is 3.10. The van der Waals surface area contributed by atoms with Gasteiger partial charge in [0.25, 0.3) is 0 Å². The molecule has 3 nitrogen and oxygen atoms in total. The number of carboxylic acids is 1. The average Bonchev–Trinajstić information content (AvgIpc) is 2.35. The summed E-state index contributed by atoms with van der Waals surface area (Å²) in [6, 6.07) is 8.33. The number of carboxylic acid groups (broad SMARTS) is 1. The van der Waals surface area contributed by atoms with Gasteiger partial charge in [-0.3, -0.25) is 4.79 Å². The first-order valence-electron chi connectivity index (χ1n) is 6.57. The summed E-state index contributed by atoms with van der Waals surface area (Å²) in [6.45, 7) is 3.34. The van der Waals surface area contributed by atoms with Crippen LogP contribution in [-0.2, 0) is 22.4 Å². The van der Waals surface area contributed by atoms with Crippen LogP contribution in [0.5, 0.6) is 0 Å². The molecule has 18 heavy (non-hydrogen) atoms. The monoisotopic (exact) mass is 248 g/mol. The maximum Gasteiger partial charge on any atom is 0.303 e. The second-order valence-corrected chi connectivity index (χ2v) is 4.95. The van der Waals surface area contributed by atoms with Crippen molar-refractivity contribution >= 4 is 5.97 Å². The molecule has 0 radical (unpaired) electrons. The maximum atomic E-state index is 11.0. The van der Waals surface area contributed by atoms with Crippen molar-refractivity contribution in [2.24, 2.45) is 11.8 Å². The van der Waals surface area contributed by atoms with Gasteiger partial charge in [0.15, 0.2) is 0 Å². The normalized spacial score (nSPS) is 22.5. The molecule has 0 saturated carbocycles. The molecule has 98 valence electrons. The van der Waals surface area contributed by atoms with Crippen molar-refractivity contribution in [3.63, 3.8) is 0 Å². The highest BCUT2D eigenvalue weighted by Crippen LogP contribution is 2.32. The zero-order chi connectivity index (χ0) is 13.0. The second-order valence-electron chi connectivity index (χ2n) is 4.95. The Hall–Kier alpha value is -1.35. The highest BCUT2D eigenvalue weighted by molar-refractivity contribution is 5.67. The van der Waals surface area contributed by atoms with Crippen molar-refractivity contribution in [3.8, 4) is 0 Å². The molecule has 0 saturated heterocycles. The zero-order valence-electron chi connectivity index (χ0n) is 10.8. The molecule has 0 aromatic heterocycles. The van der Waals surface area contributed by atoms with Crippen LogP contribution in [-0.4, -0.2) is 24.3 Å². The number of ether oxygens (including phenoxy) is 1. The minimum absolute atomic E-state index is 0.198. The lowest BCUT2D eigenvalue weighted by atomic mass is 9.75. The third-order valence-electron chi connectivity index (χ3n) is 3.72. The summed E-state index contributed by atoms with van der Waals surface area (Å²) in [5.74, 6) is -0.180. The second kappa shape index (κ2) is 6.01. The Morgan fingerprint density at radius 2 is 1.89 bits per heavy atom. The van der Waals surface area contributed by atoms with Crippen LogP contribution in [0.2, 0.25) is 0 Å². The van der Waals surface area contributed by atoms with E-state index in [1.165, 1.54) is 11.1 Å². The molecule has 2 rings (SSSR count). The van der Waals surface area contributed by atoms with Gasteiger partial charge in [0.2, 0.25) is 0 Å². The van der Waals surface area contributed by atoms with Crippen LogP contribution < -0.4 is 0 Å². The van der Waals surface area contributed by atoms with E-state index in [0.29, 0.717) is 19.1 Å². The van der Waals surface area contributed by atoms with Crippen LogP contribution in [0.4, 0.5) is 0 Å². The summed E-state index contributed by atoms with van der Waals surface area (Å²) in [5.41, 5.74) is 2.65. The van der Waals surface area contributed by atoms with Crippen LogP contribution in [0.3, 0.4) is 0 Å². The summed E-state index contributed by atoms with van der Waals surface area (Å²) < 4.78 is 5.51. The quantitative estimate of drug-likeness (QED) is 0.871. The van der Waals surface area contributed by atoms with Gasteiger partial charge in [0.05, 0.1) is 0 Å². The van der Waals surface area contributed by atoms with Crippen molar-refractivity contribution in [1.29, 1.82) is 0 Å². The number of fused-ring (bicyclic) bond motifs is 1. The standard InChI is InChI=1S/C15H20O3/c1-2-18-10-14-8-12-6-4-3-5-11(12)7-13(14)9-15(16)17/h3-6,13-14H,2,7-10H2,1H3,(H,16,17). The molecule has 1 N–H and O–H groups in total. The number of rotatable bonds is 5. The first kappa shape index (κ1) is 13.1. The SMILES string of the molecule is CCOCC1Cc2ccccc2CC1CC(=O)O. The number of aliphatic carboxylic acids is 1. The average molecular weight is 248 g/mol. The molecule has 0 spiro atoms. The Morgan fingerprint density at radius 3 is 2.44 bits per heavy atom. The molecule has 0 fully saturated rings. The molecule has 1 aliphatic rings. The lowest BCUT2D eigenvalue weighted by Crippen LogP contribution is -2.30. The van der Waals surface area contributed by atoms with E-state index in [-0.39, 0.29) is 12.3 Å². The van der Waals surface area contributed by atoms with E-state index in [2.05, 4.69) is 12.1 Å². The van der Waals surface area contributed by atoms with E-state index in [9.17, 15) is 4.79 Å². The molecule has 2 atom stereocenters. The van der Waals surface area contributed by atoms with Crippen LogP contribution in [0, 0.1) is 11.8 Å². The van der Waals surface area contributed by atoms with Gasteiger partial charge in [0, 0.05) is 19.6 Å². The Balaban J connectivity index is 2.13. The summed E-state index contributed by atoms with van der Waals surface area (Å²) in [6.07, 6.45) is 2.04. The molecular weight excluding hydrogens is 228 g/mol. The van der Waals surface area contributed by atoms with Gasteiger partial charge in [-0.05, 0) is 42.7 Å². The Morgan fingerprint density at radius 1 is 1.28 bits per heavy atom. The van der Waals surface area contributed by atoms with Crippen molar-refractivity contribution in [3.05, 3.63) is 35.4 Å². The Kier molecular flexibility index (Phi) is 4.37. The number of carbonyl (C=O) groups is 1. The fourth-order valence-electron chi connectivity index (χ4n) is 2.78. The van der Waals surface area contributed by atoms with Crippen LogP contribution in [0.25, 0.3) is 0 Å². The van der Waals surface area contributed by atoms with Gasteiger partial charge in [0.1, 0.15) is 0 Å². The van der Waals surface area contributed by atoms with E-state index in [4.69, 9.17) is 9.84 Å². The first-order valence-corrected chi connectivity index (χ1v) is 6.57. The minimum Gasteiger partial charge on any atom is -0.481 e. The molecule has 2 unspecified atom stereocenters. The maximum absolute atomic E-state index is 11.0. The minimum atomic E-state index is -0.708. The van der Waals surface area contributed by atoms with E-state index in [1.807, 2.05) is 19.1 Å². The molecular formula is C15H20O3. The molecule has 1 aromatic carbocycles. The number of hydrogen-bond acceptors (Lipinski definition) is 2. The van der Waals surface area contributed by atoms with Gasteiger partial charge in [-0.25, -0.2) is 0 Å². The fourth-order valence-corrected chi connectivity index (χ4v) is 2.78. The van der Waals surface area contributed by atoms with Gasteiger partial charge < -0.3 is 9.84 Å². The molecule has 3 heteroatoms. The zero-order valence-corrected chi connectivity index (χ0v) is 10.8. The van der Waals surface area contributed by atoms with E-state index in [1.54, 1.807) is 0 Å². The molecule has 0 amide bonds. The summed E-state index contributed by atoms with van der Waals surface area (Å²) in [4.78, 5) is 11.0. The van der Waals surface area contributed by atoms with Crippen molar-refractivity contribution in [1.82, 2.24) is 0 Å². The van der Waals surface area contributed by atoms with Crippen LogP contribution in [0.1, 0.15) is 24.5 Å². The lowest BCUT2D eigenvalue weighted by molar-refractivity contribution is -0.138. The molecule has 0 aliphatic heterocycles.